The molecule has 13 aliphatic rings. The van der Waals surface area contributed by atoms with Crippen LogP contribution in [-0.2, 0) is 28.4 Å². The second kappa shape index (κ2) is 308. The Morgan fingerprint density at radius 3 is 0.740 bits per heavy atom. The summed E-state index contributed by atoms with van der Waals surface area (Å²) in [6, 6.07) is -0.0822. The van der Waals surface area contributed by atoms with E-state index >= 15 is 0 Å². The zero-order chi connectivity index (χ0) is 109. The number of aliphatic imine (C=N–C) groups is 3. The molecular weight excluding hydrogens is 1710 g/mol. The number of hydrogen-bond donors (Lipinski definition) is 12. The van der Waals surface area contributed by atoms with E-state index in [-0.39, 0.29) is 29.5 Å². The summed E-state index contributed by atoms with van der Waals surface area (Å²) in [5, 5.41) is 34.0. The summed E-state index contributed by atoms with van der Waals surface area (Å²) in [6.07, 6.45) is 15.6. The molecule has 0 saturated carbocycles. The van der Waals surface area contributed by atoms with Gasteiger partial charge in [0.2, 0.25) is 0 Å². The first kappa shape index (κ1) is 197. The summed E-state index contributed by atoms with van der Waals surface area (Å²) >= 11 is 4.79. The summed E-state index contributed by atoms with van der Waals surface area (Å²) in [5.74, 6) is 3.41. The molecule has 0 aliphatic carbocycles. The molecule has 12 N–H and O–H groups in total. The van der Waals surface area contributed by atoms with E-state index in [9.17, 15) is 24.0 Å². The van der Waals surface area contributed by atoms with Crippen molar-refractivity contribution >= 4 is 89.5 Å². The minimum atomic E-state index is -0.296. The molecule has 131 heavy (non-hydrogen) atoms. The number of nitrogens with zero attached hydrogens (tertiary/aromatic N) is 4. The Balaban J connectivity index is -0.0000000365. The maximum Gasteiger partial charge on any atom is 0.407 e. The highest BCUT2D eigenvalue weighted by atomic mass is 32.2. The van der Waals surface area contributed by atoms with Crippen LogP contribution in [0.4, 0.5) is 24.0 Å². The third-order valence-electron chi connectivity index (χ3n) is 10.1. The number of thioether (sulfide) groups is 2. The minimum absolute atomic E-state index is 0.0359. The van der Waals surface area contributed by atoms with E-state index in [1.54, 1.807) is 30.0 Å². The lowest BCUT2D eigenvalue weighted by Gasteiger charge is -2.11. The Hall–Kier alpha value is -4.40. The first-order valence-electron chi connectivity index (χ1n) is 53.8. The van der Waals surface area contributed by atoms with E-state index in [0.717, 1.165) is 176 Å². The van der Waals surface area contributed by atoms with Crippen LogP contribution < -0.4 is 63.8 Å². The number of rotatable bonds is 0. The van der Waals surface area contributed by atoms with Gasteiger partial charge < -0.3 is 92.2 Å². The standard InChI is InChI=1S/C5H11N.C4H8N2O.C4H10N2.C4H8N2.C4H7NO2.C4H9NO.C4H7NO.C4H7NS.C4H8O2.C3H6N2O.C3H5NO2.C3H5NOS.C3H5NS.26C2H6/c1-2-4-6-5-3-1;7-4-5-2-1-3-6-4;1-2-6-4-3-5-1;1-2-5-4-6-3-1;6-4-5-2-1-3-7-4;1-3-6-4-2-5-1;2*1-2-5-4-6-3-1;1-2-6-4-3-5-1;6-3-4-1-2-5-3;2*5-3-4-1-2-6-3;1-2-4-5-3-1;26*1-2/h6H,1-5H2;1-3H2,(H2,5,6,7);5-6H,1-4H2;4H,1-3H2,(H,5,6);1-3H2,(H,5,6);5H,1-4H2;2*4H,1-3H2;1-4H2;1-2H2,(H2,4,5,6);2*1-2H2,(H,4,5);2H,1,3H2;26*1-2H3. The van der Waals surface area contributed by atoms with Crippen molar-refractivity contribution in [2.75, 3.05) is 201 Å². The topological polar surface area (TPSA) is 335 Å². The molecule has 13 heterocycles. The molecule has 7 amide bonds. The van der Waals surface area contributed by atoms with Gasteiger partial charge in [-0.25, -0.2) is 23.6 Å². The molecule has 0 aromatic heterocycles. The highest BCUT2D eigenvalue weighted by Crippen LogP contribution is 2.08. The number of hydrogen-bond acceptors (Lipinski definition) is 23. The quantitative estimate of drug-likeness (QED) is 0.100. The van der Waals surface area contributed by atoms with Gasteiger partial charge in [0.05, 0.1) is 71.3 Å². The lowest BCUT2D eigenvalue weighted by molar-refractivity contribution is -0.0334. The van der Waals surface area contributed by atoms with Gasteiger partial charge in [-0.15, -0.1) is 11.8 Å². The number of amides is 7. The van der Waals surface area contributed by atoms with E-state index in [1.165, 1.54) is 81.3 Å². The van der Waals surface area contributed by atoms with Crippen LogP contribution in [0.1, 0.15) is 418 Å². The lowest BCUT2D eigenvalue weighted by Crippen LogP contribution is -2.42. The minimum Gasteiger partial charge on any atom is -0.483 e. The molecule has 0 unspecified atom stereocenters. The maximum atomic E-state index is 10.2. The SMILES string of the molecule is C1=NCCCN1.C1=NCCCO1.C1=NCCCS1.C1=NSCC1.C1CCNCC1.C1CNCCN1.C1COCCN1.C1COCCO1.CC.CC.CC.CC.CC.CC.CC.CC.CC.CC.CC.CC.CC.CC.CC.CC.CC.CC.CC.CC.CC.CC.CC.CC.CC.CC.O=C1NCCCN1.O=C1NCCCO1.O=C1NCCN1.O=C1NCCO1.O=C1NCCS1. The molecule has 0 spiro atoms. The number of cyclic esters (lactones) is 2. The molecule has 9 fully saturated rings. The Bertz CT molecular complexity index is 1320. The highest BCUT2D eigenvalue weighted by Gasteiger charge is 2.08. The van der Waals surface area contributed by atoms with Crippen molar-refractivity contribution in [1.29, 1.82) is 0 Å². The van der Waals surface area contributed by atoms with E-state index in [2.05, 4.69) is 92.7 Å². The molecule has 0 atom stereocenters. The number of carbonyl (C=O) groups excluding carboxylic acids is 5. The molecule has 0 aromatic rings. The average Bonchev–Trinajstić information content (AvgIpc) is 1.81. The first-order chi connectivity index (χ1) is 65.0. The normalized spacial score (nSPS) is 14.1. The Labute approximate surface area is 839 Å². The Morgan fingerprint density at radius 2 is 0.626 bits per heavy atom. The fraction of sp³-hybridized carbons (Fsp3) is 0.911. The molecule has 0 aromatic carbocycles. The van der Waals surface area contributed by atoms with Crippen LogP contribution in [0, 0.1) is 0 Å². The largest absolute Gasteiger partial charge is 0.483 e. The predicted octanol–water partition coefficient (Wildman–Crippen LogP) is 28.2. The highest BCUT2D eigenvalue weighted by molar-refractivity contribution is 8.14. The molecule has 0 radical (unpaired) electrons. The zero-order valence-electron chi connectivity index (χ0n) is 98.6. The monoisotopic (exact) mass is 1960 g/mol. The van der Waals surface area contributed by atoms with Crippen LogP contribution >= 0.6 is 35.5 Å². The molecule has 27 nitrogen and oxygen atoms in total. The lowest BCUT2D eigenvalue weighted by atomic mass is 10.2. The van der Waals surface area contributed by atoms with Crippen molar-refractivity contribution in [3.8, 4) is 0 Å². The smallest absolute Gasteiger partial charge is 0.407 e. The Kier molecular flexibility index (Phi) is 464. The van der Waals surface area contributed by atoms with Gasteiger partial charge >= 0.3 is 24.2 Å². The van der Waals surface area contributed by atoms with Crippen LogP contribution in [0.25, 0.3) is 0 Å². The number of morpholine rings is 1. The second-order valence-electron chi connectivity index (χ2n) is 16.9. The van der Waals surface area contributed by atoms with Crippen molar-refractivity contribution in [3.05, 3.63) is 0 Å². The van der Waals surface area contributed by atoms with Crippen molar-refractivity contribution < 1.29 is 52.4 Å². The zero-order valence-corrected chi connectivity index (χ0v) is 101. The summed E-state index contributed by atoms with van der Waals surface area (Å²) in [4.78, 5) is 62.2. The summed E-state index contributed by atoms with van der Waals surface area (Å²) in [7, 11) is 0. The number of alkyl carbamates (subject to hydrolysis) is 2. The van der Waals surface area contributed by atoms with Gasteiger partial charge in [0.25, 0.3) is 5.24 Å². The fourth-order valence-corrected chi connectivity index (χ4v) is 7.76. The number of urea groups is 2. The van der Waals surface area contributed by atoms with Gasteiger partial charge in [-0.2, -0.15) is 0 Å². The van der Waals surface area contributed by atoms with Gasteiger partial charge in [0, 0.05) is 135 Å². The van der Waals surface area contributed by atoms with E-state index < -0.39 is 0 Å². The van der Waals surface area contributed by atoms with E-state index in [4.69, 9.17) is 18.9 Å². The van der Waals surface area contributed by atoms with Crippen LogP contribution in [0.5, 0.6) is 0 Å². The number of carbonyl (C=O) groups is 5. The number of piperidine rings is 1. The van der Waals surface area contributed by atoms with Gasteiger partial charge in [-0.3, -0.25) is 19.8 Å². The van der Waals surface area contributed by atoms with Gasteiger partial charge in [-0.1, -0.05) is 378 Å². The van der Waals surface area contributed by atoms with Gasteiger partial charge in [0.1, 0.15) is 6.61 Å². The molecule has 9 saturated heterocycles. The van der Waals surface area contributed by atoms with E-state index in [0.29, 0.717) is 19.8 Å². The fourth-order valence-electron chi connectivity index (χ4n) is 6.03. The number of piperazine rings is 1. The summed E-state index contributed by atoms with van der Waals surface area (Å²) in [6.45, 7) is 130. The van der Waals surface area contributed by atoms with Crippen molar-refractivity contribution in [1.82, 2.24) is 63.8 Å². The molecule has 13 aliphatic heterocycles. The van der Waals surface area contributed by atoms with Gasteiger partial charge in [0.15, 0.2) is 6.40 Å². The van der Waals surface area contributed by atoms with Crippen LogP contribution in [0.3, 0.4) is 0 Å². The second-order valence-corrected chi connectivity index (χ2v) is 19.8. The summed E-state index contributed by atoms with van der Waals surface area (Å²) in [5.41, 5.74) is 1.93. The predicted molar refractivity (Wildman–Crippen MR) is 615 cm³/mol. The summed E-state index contributed by atoms with van der Waals surface area (Å²) < 4.78 is 32.5. The third-order valence-corrected chi connectivity index (χ3v) is 12.4. The first-order valence-corrected chi connectivity index (χ1v) is 56.8. The van der Waals surface area contributed by atoms with Crippen molar-refractivity contribution in [3.63, 3.8) is 0 Å². The molecule has 0 bridgehead atoms. The Morgan fingerprint density at radius 1 is 0.267 bits per heavy atom. The maximum absolute atomic E-state index is 10.2. The molecule has 13 rings (SSSR count). The molecular formula is C101H252N16O11S3. The van der Waals surface area contributed by atoms with E-state index in [1.807, 2.05) is 372 Å². The molecule has 820 valence electrons. The average molecular weight is 1960 g/mol. The van der Waals surface area contributed by atoms with Crippen LogP contribution in [0.15, 0.2) is 19.4 Å². The van der Waals surface area contributed by atoms with Crippen molar-refractivity contribution in [2.45, 2.75) is 418 Å². The van der Waals surface area contributed by atoms with Crippen molar-refractivity contribution in [2.24, 2.45) is 19.4 Å². The number of ether oxygens (including phenoxy) is 6. The van der Waals surface area contributed by atoms with Crippen LogP contribution in [-0.4, -0.2) is 255 Å². The number of nitrogens with one attached hydrogen (secondary N) is 12. The third kappa shape index (κ3) is 303. The van der Waals surface area contributed by atoms with Crippen LogP contribution in [0.2, 0.25) is 0 Å². The van der Waals surface area contributed by atoms with Gasteiger partial charge in [-0.05, 0) is 70.0 Å². The molecule has 30 heteroatoms.